The van der Waals surface area contributed by atoms with Gasteiger partial charge in [-0.05, 0) is 44.0 Å². The third-order valence-corrected chi connectivity index (χ3v) is 6.55. The fourth-order valence-electron chi connectivity index (χ4n) is 3.63. The second kappa shape index (κ2) is 9.61. The number of carbonyl (C=O) groups is 1. The summed E-state index contributed by atoms with van der Waals surface area (Å²) in [5, 5.41) is 9.89. The quantitative estimate of drug-likeness (QED) is 0.466. The first kappa shape index (κ1) is 20.9. The molecule has 1 atom stereocenters. The molecular weight excluding hydrogens is 392 g/mol. The average Bonchev–Trinajstić information content (AvgIpc) is 3.10. The lowest BCUT2D eigenvalue weighted by molar-refractivity contribution is -0.131. The Labute approximate surface area is 176 Å². The van der Waals surface area contributed by atoms with Crippen molar-refractivity contribution in [2.45, 2.75) is 62.0 Å². The van der Waals surface area contributed by atoms with Crippen molar-refractivity contribution in [3.8, 4) is 11.4 Å². The smallest absolute Gasteiger partial charge is 0.235 e. The number of amides is 1. The van der Waals surface area contributed by atoms with Crippen molar-refractivity contribution in [2.24, 2.45) is 0 Å². The molecule has 1 aliphatic carbocycles. The van der Waals surface area contributed by atoms with Crippen molar-refractivity contribution >= 4 is 29.3 Å². The van der Waals surface area contributed by atoms with Crippen LogP contribution in [0.4, 0.5) is 0 Å². The van der Waals surface area contributed by atoms with Crippen LogP contribution in [0.15, 0.2) is 42.1 Å². The van der Waals surface area contributed by atoms with Crippen LogP contribution in [-0.4, -0.2) is 43.9 Å². The van der Waals surface area contributed by atoms with E-state index < -0.39 is 0 Å². The summed E-state index contributed by atoms with van der Waals surface area (Å²) in [6, 6.07) is 7.88. The van der Waals surface area contributed by atoms with E-state index in [0.29, 0.717) is 17.6 Å². The molecule has 5 nitrogen and oxygen atoms in total. The van der Waals surface area contributed by atoms with Crippen LogP contribution in [0.25, 0.3) is 11.4 Å². The molecule has 1 aromatic heterocycles. The molecular formula is C21H27ClN4OS. The Morgan fingerprint density at radius 3 is 2.64 bits per heavy atom. The number of nitrogens with zero attached hydrogens (tertiary/aromatic N) is 4. The molecule has 3 rings (SSSR count). The summed E-state index contributed by atoms with van der Waals surface area (Å²) in [6.07, 6.45) is 7.72. The van der Waals surface area contributed by atoms with Crippen molar-refractivity contribution in [3.63, 3.8) is 0 Å². The topological polar surface area (TPSA) is 51.0 Å². The summed E-state index contributed by atoms with van der Waals surface area (Å²) in [6.45, 7) is 6.37. The highest BCUT2D eigenvalue weighted by Gasteiger charge is 2.27. The number of aromatic nitrogens is 3. The van der Waals surface area contributed by atoms with Gasteiger partial charge in [0.1, 0.15) is 0 Å². The van der Waals surface area contributed by atoms with Gasteiger partial charge in [0.2, 0.25) is 5.91 Å². The average molecular weight is 419 g/mol. The van der Waals surface area contributed by atoms with E-state index >= 15 is 0 Å². The summed E-state index contributed by atoms with van der Waals surface area (Å²) >= 11 is 7.45. The first-order chi connectivity index (χ1) is 13.5. The Balaban J connectivity index is 1.76. The summed E-state index contributed by atoms with van der Waals surface area (Å²) in [5.74, 6) is 0.900. The molecule has 1 heterocycles. The monoisotopic (exact) mass is 418 g/mol. The van der Waals surface area contributed by atoms with E-state index in [9.17, 15) is 4.79 Å². The molecule has 1 aromatic carbocycles. The lowest BCUT2D eigenvalue weighted by Crippen LogP contribution is -2.42. The van der Waals surface area contributed by atoms with Crippen molar-refractivity contribution in [1.82, 2.24) is 19.7 Å². The third-order valence-electron chi connectivity index (χ3n) is 5.23. The maximum atomic E-state index is 12.9. The molecule has 0 N–H and O–H groups in total. The van der Waals surface area contributed by atoms with E-state index in [-0.39, 0.29) is 11.2 Å². The van der Waals surface area contributed by atoms with E-state index in [0.717, 1.165) is 29.4 Å². The standard InChI is InChI=1S/C21H27ClN4OS/c1-4-14-26-19(16-10-12-17(22)13-11-16)23-24-21(26)28-15(2)20(27)25(3)18-8-6-5-7-9-18/h4,10-13,15,18H,1,5-9,14H2,2-3H3. The number of benzene rings is 1. The lowest BCUT2D eigenvalue weighted by atomic mass is 9.94. The number of allylic oxidation sites excluding steroid dienone is 1. The Morgan fingerprint density at radius 1 is 1.32 bits per heavy atom. The number of hydrogen-bond acceptors (Lipinski definition) is 4. The highest BCUT2D eigenvalue weighted by molar-refractivity contribution is 8.00. The molecule has 28 heavy (non-hydrogen) atoms. The van der Waals surface area contributed by atoms with Gasteiger partial charge in [-0.25, -0.2) is 0 Å². The Bertz CT molecular complexity index is 814. The van der Waals surface area contributed by atoms with Crippen LogP contribution in [0.1, 0.15) is 39.0 Å². The zero-order valence-corrected chi connectivity index (χ0v) is 18.0. The number of carbonyl (C=O) groups excluding carboxylic acids is 1. The number of halogens is 1. The third kappa shape index (κ3) is 4.78. The summed E-state index contributed by atoms with van der Waals surface area (Å²) in [4.78, 5) is 14.9. The second-order valence-electron chi connectivity index (χ2n) is 7.21. The molecule has 2 aromatic rings. The molecule has 7 heteroatoms. The van der Waals surface area contributed by atoms with Crippen LogP contribution in [0.3, 0.4) is 0 Å². The molecule has 0 bridgehead atoms. The minimum atomic E-state index is -0.224. The molecule has 1 unspecified atom stereocenters. The fraction of sp³-hybridized carbons (Fsp3) is 0.476. The fourth-order valence-corrected chi connectivity index (χ4v) is 4.71. The molecule has 1 amide bonds. The minimum Gasteiger partial charge on any atom is -0.342 e. The predicted molar refractivity (Wildman–Crippen MR) is 116 cm³/mol. The molecule has 0 aliphatic heterocycles. The normalized spacial score (nSPS) is 16.0. The van der Waals surface area contributed by atoms with Gasteiger partial charge < -0.3 is 4.90 Å². The Morgan fingerprint density at radius 2 is 2.00 bits per heavy atom. The molecule has 0 radical (unpaired) electrons. The number of rotatable bonds is 7. The zero-order valence-electron chi connectivity index (χ0n) is 16.5. The molecule has 1 aliphatic rings. The van der Waals surface area contributed by atoms with Gasteiger partial charge >= 0.3 is 0 Å². The predicted octanol–water partition coefficient (Wildman–Crippen LogP) is 5.06. The highest BCUT2D eigenvalue weighted by Crippen LogP contribution is 2.29. The van der Waals surface area contributed by atoms with Crippen LogP contribution < -0.4 is 0 Å². The number of thioether (sulfide) groups is 1. The van der Waals surface area contributed by atoms with Gasteiger partial charge in [-0.3, -0.25) is 9.36 Å². The van der Waals surface area contributed by atoms with Crippen LogP contribution in [0, 0.1) is 0 Å². The van der Waals surface area contributed by atoms with Gasteiger partial charge in [0.25, 0.3) is 0 Å². The minimum absolute atomic E-state index is 0.151. The molecule has 150 valence electrons. The van der Waals surface area contributed by atoms with Crippen molar-refractivity contribution in [1.29, 1.82) is 0 Å². The Kier molecular flexibility index (Phi) is 7.18. The highest BCUT2D eigenvalue weighted by atomic mass is 35.5. The van der Waals surface area contributed by atoms with Gasteiger partial charge in [-0.15, -0.1) is 16.8 Å². The molecule has 0 spiro atoms. The van der Waals surface area contributed by atoms with Crippen LogP contribution in [0.2, 0.25) is 5.02 Å². The van der Waals surface area contributed by atoms with Crippen LogP contribution >= 0.6 is 23.4 Å². The maximum Gasteiger partial charge on any atom is 0.235 e. The van der Waals surface area contributed by atoms with Gasteiger partial charge in [0, 0.05) is 30.2 Å². The van der Waals surface area contributed by atoms with E-state index in [1.54, 1.807) is 0 Å². The van der Waals surface area contributed by atoms with Gasteiger partial charge in [0.15, 0.2) is 11.0 Å². The first-order valence-electron chi connectivity index (χ1n) is 9.74. The van der Waals surface area contributed by atoms with Crippen molar-refractivity contribution < 1.29 is 4.79 Å². The molecule has 1 saturated carbocycles. The van der Waals surface area contributed by atoms with Crippen molar-refractivity contribution in [3.05, 3.63) is 41.9 Å². The van der Waals surface area contributed by atoms with E-state index in [1.165, 1.54) is 31.0 Å². The van der Waals surface area contributed by atoms with Gasteiger partial charge in [0.05, 0.1) is 5.25 Å². The zero-order chi connectivity index (χ0) is 20.1. The SMILES string of the molecule is C=CCn1c(SC(C)C(=O)N(C)C2CCCCC2)nnc1-c1ccc(Cl)cc1. The van der Waals surface area contributed by atoms with E-state index in [1.807, 2.05) is 53.8 Å². The maximum absolute atomic E-state index is 12.9. The summed E-state index contributed by atoms with van der Waals surface area (Å²) in [5.41, 5.74) is 0.934. The summed E-state index contributed by atoms with van der Waals surface area (Å²) < 4.78 is 1.99. The van der Waals surface area contributed by atoms with Gasteiger partial charge in [-0.1, -0.05) is 48.7 Å². The van der Waals surface area contributed by atoms with E-state index in [2.05, 4.69) is 16.8 Å². The van der Waals surface area contributed by atoms with Crippen LogP contribution in [0.5, 0.6) is 0 Å². The van der Waals surface area contributed by atoms with Gasteiger partial charge in [-0.2, -0.15) is 0 Å². The Hall–Kier alpha value is -1.79. The van der Waals surface area contributed by atoms with Crippen molar-refractivity contribution in [2.75, 3.05) is 7.05 Å². The largest absolute Gasteiger partial charge is 0.342 e. The lowest BCUT2D eigenvalue weighted by Gasteiger charge is -2.32. The molecule has 1 fully saturated rings. The van der Waals surface area contributed by atoms with E-state index in [4.69, 9.17) is 11.6 Å². The number of hydrogen-bond donors (Lipinski definition) is 0. The summed E-state index contributed by atoms with van der Waals surface area (Å²) in [7, 11) is 1.93. The first-order valence-corrected chi connectivity index (χ1v) is 11.0. The second-order valence-corrected chi connectivity index (χ2v) is 8.96. The molecule has 0 saturated heterocycles. The van der Waals surface area contributed by atoms with Crippen LogP contribution in [-0.2, 0) is 11.3 Å².